The second-order valence-electron chi connectivity index (χ2n) is 8.49. The highest BCUT2D eigenvalue weighted by atomic mass is 16.5. The zero-order chi connectivity index (χ0) is 23.7. The lowest BCUT2D eigenvalue weighted by Gasteiger charge is -2.25. The van der Waals surface area contributed by atoms with E-state index in [-0.39, 0.29) is 6.02 Å². The Morgan fingerprint density at radius 2 is 2.09 bits per heavy atom. The van der Waals surface area contributed by atoms with E-state index < -0.39 is 0 Å². The number of nitrogens with zero attached hydrogens (tertiary/aromatic N) is 4. The van der Waals surface area contributed by atoms with Gasteiger partial charge in [0.05, 0.1) is 6.34 Å². The summed E-state index contributed by atoms with van der Waals surface area (Å²) in [7, 11) is 3.76. The van der Waals surface area contributed by atoms with E-state index in [2.05, 4.69) is 51.4 Å². The highest BCUT2D eigenvalue weighted by Crippen LogP contribution is 2.10. The van der Waals surface area contributed by atoms with Crippen LogP contribution in [0.1, 0.15) is 39.0 Å². The number of hydrogen-bond acceptors (Lipinski definition) is 6. The van der Waals surface area contributed by atoms with Crippen LogP contribution >= 0.6 is 0 Å². The topological polar surface area (TPSA) is 87.7 Å². The van der Waals surface area contributed by atoms with Crippen molar-refractivity contribution in [2.45, 2.75) is 39.0 Å². The quantitative estimate of drug-likeness (QED) is 0.202. The molecule has 0 amide bonds. The molecule has 0 spiro atoms. The van der Waals surface area contributed by atoms with E-state index in [9.17, 15) is 0 Å². The van der Waals surface area contributed by atoms with Crippen LogP contribution in [-0.2, 0) is 9.47 Å². The van der Waals surface area contributed by atoms with Gasteiger partial charge in [0.25, 0.3) is 0 Å². The van der Waals surface area contributed by atoms with E-state index in [1.54, 1.807) is 19.6 Å². The summed E-state index contributed by atoms with van der Waals surface area (Å²) in [6.07, 6.45) is 20.2. The average Bonchev–Trinajstić information content (AvgIpc) is 2.81. The Morgan fingerprint density at radius 1 is 1.27 bits per heavy atom. The van der Waals surface area contributed by atoms with Gasteiger partial charge in [-0.25, -0.2) is 0 Å². The number of hydrogen-bond donors (Lipinski definition) is 2. The molecule has 184 valence electrons. The molecule has 0 saturated carbocycles. The van der Waals surface area contributed by atoms with Gasteiger partial charge in [-0.2, -0.15) is 9.98 Å². The lowest BCUT2D eigenvalue weighted by atomic mass is 10.1. The van der Waals surface area contributed by atoms with Gasteiger partial charge in [0.15, 0.2) is 0 Å². The maximum absolute atomic E-state index is 5.89. The predicted molar refractivity (Wildman–Crippen MR) is 137 cm³/mol. The SMILES string of the molecule is CN/C=C(N)/N=C(\N=C\N(C)CC(C)/C=C/CN1CCCCC1)OCCOC1=CCCC=C1. The van der Waals surface area contributed by atoms with E-state index >= 15 is 0 Å². The Kier molecular flexibility index (Phi) is 12.8. The van der Waals surface area contributed by atoms with Crippen molar-refractivity contribution < 1.29 is 9.47 Å². The number of amidine groups is 1. The van der Waals surface area contributed by atoms with Crippen molar-refractivity contribution >= 4 is 12.4 Å². The molecule has 0 aromatic rings. The first-order valence-electron chi connectivity index (χ1n) is 12.0. The van der Waals surface area contributed by atoms with Gasteiger partial charge < -0.3 is 25.4 Å². The van der Waals surface area contributed by atoms with Gasteiger partial charge in [0, 0.05) is 33.4 Å². The summed E-state index contributed by atoms with van der Waals surface area (Å²) in [4.78, 5) is 13.2. The molecule has 0 bridgehead atoms. The number of rotatable bonds is 12. The second-order valence-corrected chi connectivity index (χ2v) is 8.49. The van der Waals surface area contributed by atoms with Gasteiger partial charge in [-0.3, -0.25) is 4.90 Å². The van der Waals surface area contributed by atoms with Crippen molar-refractivity contribution in [1.29, 1.82) is 0 Å². The molecule has 1 atom stereocenters. The molecule has 1 heterocycles. The third-order valence-corrected chi connectivity index (χ3v) is 5.28. The molecular formula is C25H42N6O2. The Morgan fingerprint density at radius 3 is 2.82 bits per heavy atom. The van der Waals surface area contributed by atoms with Gasteiger partial charge in [-0.1, -0.05) is 31.6 Å². The Hall–Kier alpha value is -2.74. The van der Waals surface area contributed by atoms with Gasteiger partial charge >= 0.3 is 6.02 Å². The van der Waals surface area contributed by atoms with Crippen molar-refractivity contribution in [2.75, 3.05) is 53.5 Å². The van der Waals surface area contributed by atoms with Gasteiger partial charge in [0.2, 0.25) is 0 Å². The molecule has 8 heteroatoms. The number of nitrogens with one attached hydrogen (secondary N) is 1. The Bertz CT molecular complexity index is 735. The summed E-state index contributed by atoms with van der Waals surface area (Å²) in [5.74, 6) is 1.58. The number of ether oxygens (including phenoxy) is 2. The smallest absolute Gasteiger partial charge is 0.319 e. The first-order chi connectivity index (χ1) is 16.1. The fraction of sp³-hybridized carbons (Fsp3) is 0.600. The van der Waals surface area contributed by atoms with Crippen LogP contribution in [0.15, 0.2) is 58.1 Å². The monoisotopic (exact) mass is 458 g/mol. The summed E-state index contributed by atoms with van der Waals surface area (Å²) in [6, 6.07) is 0.205. The van der Waals surface area contributed by atoms with Crippen molar-refractivity contribution in [3.8, 4) is 0 Å². The maximum Gasteiger partial charge on any atom is 0.319 e. The van der Waals surface area contributed by atoms with Crippen molar-refractivity contribution in [2.24, 2.45) is 21.6 Å². The van der Waals surface area contributed by atoms with E-state index in [4.69, 9.17) is 15.2 Å². The lowest BCUT2D eigenvalue weighted by Crippen LogP contribution is -2.29. The van der Waals surface area contributed by atoms with Gasteiger partial charge in [-0.05, 0) is 56.8 Å². The maximum atomic E-state index is 5.89. The first-order valence-corrected chi connectivity index (χ1v) is 12.0. The number of nitrogens with two attached hydrogens (primary N) is 1. The van der Waals surface area contributed by atoms with Crippen LogP contribution in [-0.4, -0.2) is 75.6 Å². The van der Waals surface area contributed by atoms with Crippen LogP contribution in [0.4, 0.5) is 0 Å². The third-order valence-electron chi connectivity index (χ3n) is 5.28. The van der Waals surface area contributed by atoms with Crippen molar-refractivity contribution in [3.63, 3.8) is 0 Å². The standard InChI is InChI=1S/C25H42N6O2/c1-22(11-10-16-31-14-8-5-9-15-31)20-30(3)21-28-25(29-24(26)19-27-2)33-18-17-32-23-12-6-4-7-13-23/h6,10-13,19,21-22,27H,4-5,7-9,14-18,20,26H2,1-3H3/b11-10+,24-19+,28-21+,29-25+. The molecule has 1 aliphatic heterocycles. The third kappa shape index (κ3) is 12.2. The first kappa shape index (κ1) is 26.5. The summed E-state index contributed by atoms with van der Waals surface area (Å²) in [5, 5.41) is 2.85. The normalized spacial score (nSPS) is 19.1. The number of likely N-dealkylation sites (tertiary alicyclic amines) is 1. The van der Waals surface area contributed by atoms with Crippen LogP contribution in [0.5, 0.6) is 0 Å². The molecule has 2 aliphatic rings. The summed E-state index contributed by atoms with van der Waals surface area (Å²) in [5.41, 5.74) is 5.89. The molecule has 1 saturated heterocycles. The summed E-state index contributed by atoms with van der Waals surface area (Å²) in [6.45, 7) is 7.28. The lowest BCUT2D eigenvalue weighted by molar-refractivity contribution is 0.155. The number of aliphatic imine (C=N–C) groups is 2. The van der Waals surface area contributed by atoms with E-state index in [0.717, 1.165) is 31.7 Å². The van der Waals surface area contributed by atoms with Crippen LogP contribution < -0.4 is 11.1 Å². The minimum Gasteiger partial charge on any atom is -0.490 e. The van der Waals surface area contributed by atoms with E-state index in [1.165, 1.54) is 32.4 Å². The van der Waals surface area contributed by atoms with Crippen LogP contribution in [0, 0.1) is 5.92 Å². The second kappa shape index (κ2) is 16.0. The van der Waals surface area contributed by atoms with Crippen LogP contribution in [0.3, 0.4) is 0 Å². The van der Waals surface area contributed by atoms with Gasteiger partial charge in [-0.15, -0.1) is 0 Å². The zero-order valence-electron chi connectivity index (χ0n) is 20.6. The fourth-order valence-electron chi connectivity index (χ4n) is 3.67. The molecule has 1 fully saturated rings. The summed E-state index contributed by atoms with van der Waals surface area (Å²) < 4.78 is 11.4. The molecule has 33 heavy (non-hydrogen) atoms. The number of allylic oxidation sites excluding steroid dienone is 3. The minimum atomic E-state index is 0.205. The molecule has 1 aliphatic carbocycles. The van der Waals surface area contributed by atoms with Gasteiger partial charge in [0.1, 0.15) is 24.8 Å². The molecule has 0 aromatic carbocycles. The largest absolute Gasteiger partial charge is 0.490 e. The molecule has 2 rings (SSSR count). The fourth-order valence-corrected chi connectivity index (χ4v) is 3.67. The average molecular weight is 459 g/mol. The predicted octanol–water partition coefficient (Wildman–Crippen LogP) is 3.22. The van der Waals surface area contributed by atoms with Crippen molar-refractivity contribution in [1.82, 2.24) is 15.1 Å². The highest BCUT2D eigenvalue weighted by Gasteiger charge is 2.08. The number of piperidine rings is 1. The molecule has 0 aromatic heterocycles. The molecule has 1 unspecified atom stereocenters. The Balaban J connectivity index is 1.79. The summed E-state index contributed by atoms with van der Waals surface area (Å²) >= 11 is 0. The molecule has 0 radical (unpaired) electrons. The zero-order valence-corrected chi connectivity index (χ0v) is 20.6. The highest BCUT2D eigenvalue weighted by molar-refractivity contribution is 5.83. The molecular weight excluding hydrogens is 416 g/mol. The van der Waals surface area contributed by atoms with E-state index in [1.807, 2.05) is 18.0 Å². The Labute approximate surface area is 199 Å². The minimum absolute atomic E-state index is 0.205. The molecule has 8 nitrogen and oxygen atoms in total. The molecule has 3 N–H and O–H groups in total. The van der Waals surface area contributed by atoms with E-state index in [0.29, 0.717) is 25.0 Å². The van der Waals surface area contributed by atoms with Crippen molar-refractivity contribution in [3.05, 3.63) is 48.2 Å². The van der Waals surface area contributed by atoms with Crippen LogP contribution in [0.2, 0.25) is 0 Å². The van der Waals surface area contributed by atoms with Crippen LogP contribution in [0.25, 0.3) is 0 Å².